The molecule has 0 N–H and O–H groups in total. The van der Waals surface area contributed by atoms with Crippen LogP contribution in [-0.4, -0.2) is 18.8 Å². The summed E-state index contributed by atoms with van der Waals surface area (Å²) in [5, 5.41) is 0. The van der Waals surface area contributed by atoms with E-state index in [-0.39, 0.29) is 12.2 Å². The molecule has 1 aliphatic heterocycles. The summed E-state index contributed by atoms with van der Waals surface area (Å²) >= 11 is 0. The summed E-state index contributed by atoms with van der Waals surface area (Å²) in [5.41, 5.74) is 2.35. The topological polar surface area (TPSA) is 27.7 Å². The molecule has 2 aromatic rings. The van der Waals surface area contributed by atoms with Crippen LogP contribution < -0.4 is 0 Å². The minimum atomic E-state index is -0.0209. The minimum absolute atomic E-state index is 0.0209. The van der Waals surface area contributed by atoms with E-state index in [2.05, 4.69) is 24.3 Å². The van der Waals surface area contributed by atoms with Gasteiger partial charge in [-0.2, -0.15) is 0 Å². The average Bonchev–Trinajstić information content (AvgIpc) is 3.02. The molecule has 0 bridgehead atoms. The van der Waals surface area contributed by atoms with Crippen LogP contribution in [0.2, 0.25) is 0 Å². The van der Waals surface area contributed by atoms with Crippen LogP contribution in [0.1, 0.15) is 17.5 Å². The summed E-state index contributed by atoms with van der Waals surface area (Å²) in [7, 11) is 0. The maximum absolute atomic E-state index is 5.97. The summed E-state index contributed by atoms with van der Waals surface area (Å²) in [4.78, 5) is 0. The zero-order valence-corrected chi connectivity index (χ0v) is 12.6. The van der Waals surface area contributed by atoms with Crippen LogP contribution in [0.4, 0.5) is 0 Å². The number of rotatable bonds is 7. The Morgan fingerprint density at radius 2 is 1.55 bits per heavy atom. The van der Waals surface area contributed by atoms with Gasteiger partial charge >= 0.3 is 0 Å². The van der Waals surface area contributed by atoms with Crippen molar-refractivity contribution >= 4 is 0 Å². The van der Waals surface area contributed by atoms with E-state index in [0.717, 1.165) is 6.42 Å². The Morgan fingerprint density at radius 3 is 2.23 bits per heavy atom. The first-order chi connectivity index (χ1) is 10.9. The van der Waals surface area contributed by atoms with Crippen LogP contribution in [0.25, 0.3) is 0 Å². The van der Waals surface area contributed by atoms with Crippen molar-refractivity contribution in [2.45, 2.75) is 31.8 Å². The number of ether oxygens (including phenoxy) is 3. The maximum atomic E-state index is 5.97. The first kappa shape index (κ1) is 15.2. The SMILES string of the molecule is c1ccc(COC[C@H]2O[CH-]C[C@@H]2OCc2ccccc2)cc1. The van der Waals surface area contributed by atoms with Crippen molar-refractivity contribution in [1.29, 1.82) is 0 Å². The zero-order valence-electron chi connectivity index (χ0n) is 12.6. The second-order valence-corrected chi connectivity index (χ2v) is 5.41. The molecule has 0 spiro atoms. The van der Waals surface area contributed by atoms with Crippen molar-refractivity contribution < 1.29 is 14.2 Å². The summed E-state index contributed by atoms with van der Waals surface area (Å²) in [6.45, 7) is 3.58. The van der Waals surface area contributed by atoms with Crippen molar-refractivity contribution in [2.24, 2.45) is 0 Å². The summed E-state index contributed by atoms with van der Waals surface area (Å²) in [5.74, 6) is 0. The van der Waals surface area contributed by atoms with Crippen LogP contribution in [0, 0.1) is 6.61 Å². The molecule has 0 aliphatic carbocycles. The highest BCUT2D eigenvalue weighted by atomic mass is 16.6. The van der Waals surface area contributed by atoms with Crippen molar-refractivity contribution in [1.82, 2.24) is 0 Å². The molecule has 0 radical (unpaired) electrons. The van der Waals surface area contributed by atoms with Gasteiger partial charge in [-0.05, 0) is 11.1 Å². The lowest BCUT2D eigenvalue weighted by Crippen LogP contribution is -2.29. The van der Waals surface area contributed by atoms with Gasteiger partial charge in [-0.25, -0.2) is 6.61 Å². The highest BCUT2D eigenvalue weighted by Crippen LogP contribution is 2.22. The quantitative estimate of drug-likeness (QED) is 0.729. The molecule has 1 saturated heterocycles. The number of hydrogen-bond acceptors (Lipinski definition) is 3. The smallest absolute Gasteiger partial charge is 0.0729 e. The van der Waals surface area contributed by atoms with E-state index in [1.54, 1.807) is 0 Å². The molecular weight excluding hydrogens is 276 g/mol. The largest absolute Gasteiger partial charge is 0.546 e. The van der Waals surface area contributed by atoms with Gasteiger partial charge in [0.05, 0.1) is 32.0 Å². The molecule has 0 amide bonds. The molecule has 3 nitrogen and oxygen atoms in total. The highest BCUT2D eigenvalue weighted by molar-refractivity contribution is 5.14. The number of benzene rings is 2. The molecule has 1 heterocycles. The van der Waals surface area contributed by atoms with Crippen LogP contribution in [0.3, 0.4) is 0 Å². The molecule has 0 saturated carbocycles. The second kappa shape index (κ2) is 8.08. The van der Waals surface area contributed by atoms with E-state index in [1.807, 2.05) is 43.0 Å². The fourth-order valence-electron chi connectivity index (χ4n) is 2.48. The lowest BCUT2D eigenvalue weighted by molar-refractivity contribution is -0.0539. The van der Waals surface area contributed by atoms with E-state index < -0.39 is 0 Å². The van der Waals surface area contributed by atoms with Gasteiger partial charge in [0.2, 0.25) is 0 Å². The van der Waals surface area contributed by atoms with Crippen molar-refractivity contribution in [2.75, 3.05) is 6.61 Å². The van der Waals surface area contributed by atoms with Crippen LogP contribution >= 0.6 is 0 Å². The Morgan fingerprint density at radius 1 is 0.909 bits per heavy atom. The number of hydrogen-bond donors (Lipinski definition) is 0. The molecule has 3 rings (SSSR count). The normalized spacial score (nSPS) is 21.1. The van der Waals surface area contributed by atoms with E-state index in [9.17, 15) is 0 Å². The van der Waals surface area contributed by atoms with Gasteiger partial charge in [0.15, 0.2) is 0 Å². The Labute approximate surface area is 131 Å². The standard InChI is InChI=1S/C19H21O3/c1-3-7-16(8-4-1)13-20-15-19-18(11-12-21-19)22-14-17-9-5-2-6-10-17/h1-10,12,18-19H,11,13-15H2/q-1/t18-,19+/m0/s1. The van der Waals surface area contributed by atoms with Crippen LogP contribution in [0.15, 0.2) is 60.7 Å². The Balaban J connectivity index is 1.42. The van der Waals surface area contributed by atoms with E-state index in [4.69, 9.17) is 14.2 Å². The Hall–Kier alpha value is -1.68. The van der Waals surface area contributed by atoms with Gasteiger partial charge in [-0.3, -0.25) is 0 Å². The predicted molar refractivity (Wildman–Crippen MR) is 84.9 cm³/mol. The molecule has 2 aromatic carbocycles. The first-order valence-corrected chi connectivity index (χ1v) is 7.66. The van der Waals surface area contributed by atoms with E-state index >= 15 is 0 Å². The molecule has 2 atom stereocenters. The molecule has 1 aliphatic rings. The van der Waals surface area contributed by atoms with Gasteiger partial charge in [0.1, 0.15) is 0 Å². The summed E-state index contributed by atoms with van der Waals surface area (Å²) < 4.78 is 17.3. The molecule has 22 heavy (non-hydrogen) atoms. The lowest BCUT2D eigenvalue weighted by atomic mass is 10.2. The molecule has 1 fully saturated rings. The third-order valence-electron chi connectivity index (χ3n) is 3.71. The maximum Gasteiger partial charge on any atom is 0.0729 e. The third kappa shape index (κ3) is 4.41. The molecule has 0 unspecified atom stereocenters. The van der Waals surface area contributed by atoms with Gasteiger partial charge < -0.3 is 14.2 Å². The molecule has 116 valence electrons. The van der Waals surface area contributed by atoms with Gasteiger partial charge in [-0.1, -0.05) is 60.7 Å². The fourth-order valence-corrected chi connectivity index (χ4v) is 2.48. The van der Waals surface area contributed by atoms with Crippen molar-refractivity contribution in [3.8, 4) is 0 Å². The van der Waals surface area contributed by atoms with Gasteiger partial charge in [-0.15, -0.1) is 6.42 Å². The second-order valence-electron chi connectivity index (χ2n) is 5.41. The fraction of sp³-hybridized carbons (Fsp3) is 0.316. The van der Waals surface area contributed by atoms with Crippen molar-refractivity contribution in [3.63, 3.8) is 0 Å². The lowest BCUT2D eigenvalue weighted by Gasteiger charge is -2.22. The zero-order chi connectivity index (χ0) is 15.0. The Kier molecular flexibility index (Phi) is 5.59. The van der Waals surface area contributed by atoms with Crippen LogP contribution in [0.5, 0.6) is 0 Å². The molecular formula is C19H21O3-. The average molecular weight is 297 g/mol. The van der Waals surface area contributed by atoms with E-state index in [1.165, 1.54) is 11.1 Å². The van der Waals surface area contributed by atoms with Gasteiger partial charge in [0.25, 0.3) is 0 Å². The van der Waals surface area contributed by atoms with Gasteiger partial charge in [0, 0.05) is 0 Å². The minimum Gasteiger partial charge on any atom is -0.546 e. The highest BCUT2D eigenvalue weighted by Gasteiger charge is 2.23. The predicted octanol–water partition coefficient (Wildman–Crippen LogP) is 3.74. The van der Waals surface area contributed by atoms with Crippen LogP contribution in [-0.2, 0) is 27.4 Å². The molecule has 3 heteroatoms. The Bertz CT molecular complexity index is 541. The summed E-state index contributed by atoms with van der Waals surface area (Å²) in [6.07, 6.45) is 0.857. The third-order valence-corrected chi connectivity index (χ3v) is 3.71. The summed E-state index contributed by atoms with van der Waals surface area (Å²) in [6, 6.07) is 20.4. The van der Waals surface area contributed by atoms with E-state index in [0.29, 0.717) is 19.8 Å². The van der Waals surface area contributed by atoms with Crippen molar-refractivity contribution in [3.05, 3.63) is 78.4 Å². The first-order valence-electron chi connectivity index (χ1n) is 7.66. The monoisotopic (exact) mass is 297 g/mol. The molecule has 0 aromatic heterocycles.